The summed E-state index contributed by atoms with van der Waals surface area (Å²) < 4.78 is 17.6. The number of ether oxygens (including phenoxy) is 1. The van der Waals surface area contributed by atoms with Gasteiger partial charge in [0.1, 0.15) is 5.82 Å². The number of hydrogen-bond acceptors (Lipinski definition) is 3. The van der Waals surface area contributed by atoms with Crippen LogP contribution in [0.4, 0.5) is 4.39 Å². The minimum absolute atomic E-state index is 0.112. The van der Waals surface area contributed by atoms with E-state index >= 15 is 0 Å². The molecular weight excluding hydrogens is 227 g/mol. The van der Waals surface area contributed by atoms with Gasteiger partial charge in [-0.2, -0.15) is 0 Å². The number of Topliss-reactive ketones (excluding diaryl/α,β-unsaturated/α-hetero) is 1. The van der Waals surface area contributed by atoms with E-state index in [-0.39, 0.29) is 5.57 Å². The van der Waals surface area contributed by atoms with Crippen molar-refractivity contribution in [1.82, 2.24) is 0 Å². The first-order chi connectivity index (χ1) is 8.06. The number of hydrogen-bond donors (Lipinski definition) is 1. The standard InChI is InChI=1S/C12H11FO4/c1-2-17-7-10(11(14)12(15)16)8-3-5-9(13)6-4-8/h3-7H,2H2,1H3,(H,15,16). The fraction of sp³-hybridized carbons (Fsp3) is 0.167. The van der Waals surface area contributed by atoms with Gasteiger partial charge < -0.3 is 9.84 Å². The quantitative estimate of drug-likeness (QED) is 0.483. The molecule has 0 saturated heterocycles. The highest BCUT2D eigenvalue weighted by Gasteiger charge is 2.19. The van der Waals surface area contributed by atoms with Crippen molar-refractivity contribution in [2.75, 3.05) is 6.61 Å². The molecule has 0 fully saturated rings. The van der Waals surface area contributed by atoms with Crippen molar-refractivity contribution in [2.45, 2.75) is 6.92 Å². The van der Waals surface area contributed by atoms with Gasteiger partial charge in [0, 0.05) is 0 Å². The molecule has 0 spiro atoms. The Kier molecular flexibility index (Phi) is 4.39. The minimum atomic E-state index is -1.58. The van der Waals surface area contributed by atoms with Crippen molar-refractivity contribution >= 4 is 17.3 Å². The van der Waals surface area contributed by atoms with Gasteiger partial charge in [-0.15, -0.1) is 0 Å². The van der Waals surface area contributed by atoms with Crippen LogP contribution in [-0.4, -0.2) is 23.5 Å². The SMILES string of the molecule is CCOC=C(C(=O)C(=O)O)c1ccc(F)cc1. The van der Waals surface area contributed by atoms with Crippen molar-refractivity contribution in [2.24, 2.45) is 0 Å². The largest absolute Gasteiger partial charge is 0.501 e. The van der Waals surface area contributed by atoms with E-state index < -0.39 is 17.6 Å². The summed E-state index contributed by atoms with van der Waals surface area (Å²) in [5, 5.41) is 8.65. The van der Waals surface area contributed by atoms with E-state index in [1.165, 1.54) is 12.1 Å². The van der Waals surface area contributed by atoms with Crippen molar-refractivity contribution in [3.63, 3.8) is 0 Å². The second-order valence-corrected chi connectivity index (χ2v) is 3.13. The number of aliphatic carboxylic acids is 1. The number of carboxylic acid groups (broad SMARTS) is 1. The molecule has 5 heteroatoms. The molecule has 0 amide bonds. The second-order valence-electron chi connectivity index (χ2n) is 3.13. The fourth-order valence-electron chi connectivity index (χ4n) is 1.16. The Labute approximate surface area is 97.3 Å². The number of rotatable bonds is 5. The van der Waals surface area contributed by atoms with Crippen molar-refractivity contribution in [3.8, 4) is 0 Å². The van der Waals surface area contributed by atoms with Crippen LogP contribution >= 0.6 is 0 Å². The molecule has 0 atom stereocenters. The summed E-state index contributed by atoms with van der Waals surface area (Å²) in [5.74, 6) is -3.14. The molecule has 1 aromatic rings. The molecular formula is C12H11FO4. The molecule has 0 aliphatic carbocycles. The van der Waals surface area contributed by atoms with Gasteiger partial charge in [-0.25, -0.2) is 9.18 Å². The van der Waals surface area contributed by atoms with Crippen molar-refractivity contribution in [1.29, 1.82) is 0 Å². The molecule has 0 saturated carbocycles. The molecule has 1 aromatic carbocycles. The maximum Gasteiger partial charge on any atom is 0.377 e. The molecule has 0 heterocycles. The molecule has 0 aliphatic rings. The van der Waals surface area contributed by atoms with Gasteiger partial charge >= 0.3 is 5.97 Å². The summed E-state index contributed by atoms with van der Waals surface area (Å²) in [6.07, 6.45) is 1.07. The predicted octanol–water partition coefficient (Wildman–Crippen LogP) is 1.86. The van der Waals surface area contributed by atoms with E-state index in [1.807, 2.05) is 0 Å². The van der Waals surface area contributed by atoms with Gasteiger partial charge in [-0.05, 0) is 24.6 Å². The molecule has 1 rings (SSSR count). The normalized spacial score (nSPS) is 11.1. The minimum Gasteiger partial charge on any atom is -0.501 e. The van der Waals surface area contributed by atoms with Crippen LogP contribution in [-0.2, 0) is 14.3 Å². The number of benzene rings is 1. The van der Waals surface area contributed by atoms with E-state index in [1.54, 1.807) is 6.92 Å². The molecule has 90 valence electrons. The average molecular weight is 238 g/mol. The van der Waals surface area contributed by atoms with E-state index in [0.29, 0.717) is 12.2 Å². The first kappa shape index (κ1) is 12.9. The van der Waals surface area contributed by atoms with E-state index in [0.717, 1.165) is 18.4 Å². The van der Waals surface area contributed by atoms with Crippen LogP contribution in [0.25, 0.3) is 5.57 Å². The lowest BCUT2D eigenvalue weighted by molar-refractivity contribution is -0.146. The van der Waals surface area contributed by atoms with Crippen LogP contribution in [0.1, 0.15) is 12.5 Å². The summed E-state index contributed by atoms with van der Waals surface area (Å²) in [6.45, 7) is 2.00. The van der Waals surface area contributed by atoms with Crippen LogP contribution in [0.5, 0.6) is 0 Å². The second kappa shape index (κ2) is 5.79. The monoisotopic (exact) mass is 238 g/mol. The maximum atomic E-state index is 12.7. The van der Waals surface area contributed by atoms with E-state index in [9.17, 15) is 14.0 Å². The lowest BCUT2D eigenvalue weighted by Gasteiger charge is -2.04. The zero-order valence-electron chi connectivity index (χ0n) is 9.14. The Morgan fingerprint density at radius 2 is 1.94 bits per heavy atom. The molecule has 0 radical (unpaired) electrons. The van der Waals surface area contributed by atoms with Gasteiger partial charge in [0.05, 0.1) is 18.4 Å². The third-order valence-corrected chi connectivity index (χ3v) is 1.96. The fourth-order valence-corrected chi connectivity index (χ4v) is 1.16. The summed E-state index contributed by atoms with van der Waals surface area (Å²) in [4.78, 5) is 22.0. The van der Waals surface area contributed by atoms with Gasteiger partial charge in [-0.1, -0.05) is 12.1 Å². The Balaban J connectivity index is 3.10. The Morgan fingerprint density at radius 3 is 2.41 bits per heavy atom. The maximum absolute atomic E-state index is 12.7. The van der Waals surface area contributed by atoms with Crippen LogP contribution in [0.3, 0.4) is 0 Å². The van der Waals surface area contributed by atoms with E-state index in [2.05, 4.69) is 0 Å². The molecule has 17 heavy (non-hydrogen) atoms. The topological polar surface area (TPSA) is 63.6 Å². The zero-order valence-corrected chi connectivity index (χ0v) is 9.14. The summed E-state index contributed by atoms with van der Waals surface area (Å²) in [6, 6.07) is 4.93. The molecule has 0 aliphatic heterocycles. The molecule has 1 N–H and O–H groups in total. The highest BCUT2D eigenvalue weighted by molar-refractivity contribution is 6.51. The Hall–Kier alpha value is -2.17. The van der Waals surface area contributed by atoms with Gasteiger partial charge in [0.25, 0.3) is 5.78 Å². The first-order valence-electron chi connectivity index (χ1n) is 4.91. The smallest absolute Gasteiger partial charge is 0.377 e. The summed E-state index contributed by atoms with van der Waals surface area (Å²) in [5.41, 5.74) is 0.187. The van der Waals surface area contributed by atoms with Crippen molar-refractivity contribution < 1.29 is 23.8 Å². The van der Waals surface area contributed by atoms with Crippen molar-refractivity contribution in [3.05, 3.63) is 41.9 Å². The van der Waals surface area contributed by atoms with Gasteiger partial charge in [0.15, 0.2) is 0 Å². The van der Waals surface area contributed by atoms with Crippen LogP contribution in [0.2, 0.25) is 0 Å². The number of halogens is 1. The van der Waals surface area contributed by atoms with Gasteiger partial charge in [-0.3, -0.25) is 4.79 Å². The lowest BCUT2D eigenvalue weighted by Crippen LogP contribution is -2.14. The van der Waals surface area contributed by atoms with Crippen LogP contribution in [0.15, 0.2) is 30.5 Å². The molecule has 4 nitrogen and oxygen atoms in total. The summed E-state index contributed by atoms with van der Waals surface area (Å²) in [7, 11) is 0. The van der Waals surface area contributed by atoms with Crippen LogP contribution in [0, 0.1) is 5.82 Å². The van der Waals surface area contributed by atoms with E-state index in [4.69, 9.17) is 9.84 Å². The predicted molar refractivity (Wildman–Crippen MR) is 58.6 cm³/mol. The third kappa shape index (κ3) is 3.41. The summed E-state index contributed by atoms with van der Waals surface area (Å²) >= 11 is 0. The van der Waals surface area contributed by atoms with Gasteiger partial charge in [0.2, 0.25) is 0 Å². The first-order valence-corrected chi connectivity index (χ1v) is 4.91. The number of carboxylic acids is 1. The lowest BCUT2D eigenvalue weighted by atomic mass is 10.0. The highest BCUT2D eigenvalue weighted by Crippen LogP contribution is 2.16. The van der Waals surface area contributed by atoms with Crippen LogP contribution < -0.4 is 0 Å². The molecule has 0 bridgehead atoms. The Bertz CT molecular complexity index is 448. The number of carbonyl (C=O) groups excluding carboxylic acids is 1. The highest BCUT2D eigenvalue weighted by atomic mass is 19.1. The molecule has 0 aromatic heterocycles. The number of ketones is 1. The third-order valence-electron chi connectivity index (χ3n) is 1.96. The number of carbonyl (C=O) groups is 2. The zero-order chi connectivity index (χ0) is 12.8. The average Bonchev–Trinajstić information content (AvgIpc) is 2.31. The molecule has 0 unspecified atom stereocenters. The Morgan fingerprint density at radius 1 is 1.35 bits per heavy atom.